The number of nitrogens with one attached hydrogen (secondary N) is 1. The first-order chi connectivity index (χ1) is 15.3. The minimum atomic E-state index is -4.61. The third-order valence-corrected chi connectivity index (χ3v) is 6.36. The number of β-amino-alcohol motifs (C(OH)–C–C–N with tert-alkyl or cyclic N) is 1. The summed E-state index contributed by atoms with van der Waals surface area (Å²) in [7, 11) is 0. The number of nitrogens with zero attached hydrogens (tertiary/aromatic N) is 4. The van der Waals surface area contributed by atoms with Crippen molar-refractivity contribution in [3.05, 3.63) is 36.0 Å². The van der Waals surface area contributed by atoms with Crippen LogP contribution in [0.2, 0.25) is 0 Å². The van der Waals surface area contributed by atoms with Crippen molar-refractivity contribution in [2.24, 2.45) is 5.73 Å². The molecule has 11 heteroatoms. The molecule has 4 N–H and O–H groups in total. The quantitative estimate of drug-likeness (QED) is 0.652. The number of aliphatic hydroxyl groups is 1. The van der Waals surface area contributed by atoms with Crippen molar-refractivity contribution < 1.29 is 23.0 Å². The van der Waals surface area contributed by atoms with Gasteiger partial charge in [0, 0.05) is 43.2 Å². The van der Waals surface area contributed by atoms with Gasteiger partial charge in [0.05, 0.1) is 24.9 Å². The summed E-state index contributed by atoms with van der Waals surface area (Å²) < 4.78 is 46.3. The van der Waals surface area contributed by atoms with Crippen LogP contribution in [0.3, 0.4) is 0 Å². The number of hydrogen-bond acceptors (Lipinski definition) is 8. The van der Waals surface area contributed by atoms with Crippen LogP contribution in [0.15, 0.2) is 30.5 Å². The molecule has 5 rings (SSSR count). The Kier molecular flexibility index (Phi) is 5.34. The van der Waals surface area contributed by atoms with Crippen molar-refractivity contribution in [2.45, 2.75) is 43.3 Å². The second-order valence-corrected chi connectivity index (χ2v) is 8.56. The highest BCUT2D eigenvalue weighted by molar-refractivity contribution is 5.62. The molecule has 3 fully saturated rings. The number of fused-ring (bicyclic) bond motifs is 2. The van der Waals surface area contributed by atoms with Crippen molar-refractivity contribution >= 4 is 23.1 Å². The highest BCUT2D eigenvalue weighted by Crippen LogP contribution is 2.37. The average molecular weight is 450 g/mol. The van der Waals surface area contributed by atoms with Crippen LogP contribution in [0.1, 0.15) is 18.4 Å². The van der Waals surface area contributed by atoms with E-state index in [9.17, 15) is 18.3 Å². The highest BCUT2D eigenvalue weighted by Gasteiger charge is 2.39. The van der Waals surface area contributed by atoms with Gasteiger partial charge in [-0.25, -0.2) is 4.98 Å². The second-order valence-electron chi connectivity index (χ2n) is 8.56. The third kappa shape index (κ3) is 4.07. The molecule has 2 aromatic rings. The first kappa shape index (κ1) is 21.2. The lowest BCUT2D eigenvalue weighted by Gasteiger charge is -2.35. The van der Waals surface area contributed by atoms with E-state index in [1.165, 1.54) is 4.90 Å². The zero-order chi connectivity index (χ0) is 22.5. The van der Waals surface area contributed by atoms with Crippen LogP contribution in [-0.2, 0) is 10.9 Å². The molecule has 0 aliphatic carbocycles. The van der Waals surface area contributed by atoms with Gasteiger partial charge in [-0.3, -0.25) is 0 Å². The van der Waals surface area contributed by atoms with Crippen LogP contribution in [-0.4, -0.2) is 65.6 Å². The Morgan fingerprint density at radius 2 is 1.97 bits per heavy atom. The maximum Gasteiger partial charge on any atom is 0.421 e. The summed E-state index contributed by atoms with van der Waals surface area (Å²) in [5, 5.41) is 13.0. The Balaban J connectivity index is 1.36. The van der Waals surface area contributed by atoms with Crippen molar-refractivity contribution in [3.63, 3.8) is 0 Å². The minimum Gasteiger partial charge on any atom is -0.390 e. The molecular formula is C21H25F3N6O2. The number of nitrogens with two attached hydrogens (primary N) is 1. The molecule has 1 aromatic heterocycles. The average Bonchev–Trinajstić information content (AvgIpc) is 3.39. The van der Waals surface area contributed by atoms with E-state index in [1.54, 1.807) is 0 Å². The topological polar surface area (TPSA) is 99.8 Å². The summed E-state index contributed by atoms with van der Waals surface area (Å²) in [6.07, 6.45) is -3.05. The summed E-state index contributed by atoms with van der Waals surface area (Å²) in [4.78, 5) is 11.8. The highest BCUT2D eigenvalue weighted by atomic mass is 19.4. The normalized spacial score (nSPS) is 27.8. The summed E-state index contributed by atoms with van der Waals surface area (Å²) in [6, 6.07) is 7.58. The zero-order valence-corrected chi connectivity index (χ0v) is 17.3. The molecule has 0 spiro atoms. The lowest BCUT2D eigenvalue weighted by atomic mass is 10.0. The van der Waals surface area contributed by atoms with Gasteiger partial charge in [-0.15, -0.1) is 0 Å². The van der Waals surface area contributed by atoms with Gasteiger partial charge in [0.1, 0.15) is 11.4 Å². The number of benzene rings is 1. The molecule has 4 atom stereocenters. The first-order valence-corrected chi connectivity index (χ1v) is 10.7. The SMILES string of the molecule is NC1CCN(c2nc(Nc3ccc(N4CC5CC4CO5)cc3)ncc2C(F)(F)F)CC1O. The van der Waals surface area contributed by atoms with E-state index < -0.39 is 23.9 Å². The van der Waals surface area contributed by atoms with Gasteiger partial charge >= 0.3 is 6.18 Å². The molecule has 3 aliphatic heterocycles. The molecular weight excluding hydrogens is 425 g/mol. The van der Waals surface area contributed by atoms with Crippen LogP contribution in [0, 0.1) is 0 Å². The number of aromatic nitrogens is 2. The van der Waals surface area contributed by atoms with Gasteiger partial charge in [0.25, 0.3) is 0 Å². The molecule has 0 saturated carbocycles. The summed E-state index contributed by atoms with van der Waals surface area (Å²) in [5.41, 5.74) is 6.61. The standard InChI is InChI=1S/C21H25F3N6O2/c22-21(23,24)16-8-26-20(28-19(16)29-6-5-17(25)18(31)10-29)27-12-1-3-13(4-2-12)30-9-15-7-14(30)11-32-15/h1-4,8,14-15,17-18,31H,5-7,9-11,25H2,(H,26,27,28). The Bertz CT molecular complexity index is 973. The predicted molar refractivity (Wildman–Crippen MR) is 113 cm³/mol. The number of ether oxygens (including phenoxy) is 1. The summed E-state index contributed by atoms with van der Waals surface area (Å²) in [5.74, 6) is -0.204. The second kappa shape index (κ2) is 8.05. The van der Waals surface area contributed by atoms with Crippen LogP contribution < -0.4 is 20.9 Å². The molecule has 3 saturated heterocycles. The van der Waals surface area contributed by atoms with Crippen LogP contribution in [0.4, 0.5) is 36.3 Å². The number of morpholine rings is 1. The smallest absolute Gasteiger partial charge is 0.390 e. The number of alkyl halides is 3. The van der Waals surface area contributed by atoms with E-state index in [1.807, 2.05) is 24.3 Å². The van der Waals surface area contributed by atoms with E-state index in [0.29, 0.717) is 24.3 Å². The maximum atomic E-state index is 13.6. The Morgan fingerprint density at radius 3 is 2.59 bits per heavy atom. The first-order valence-electron chi connectivity index (χ1n) is 10.7. The molecule has 32 heavy (non-hydrogen) atoms. The van der Waals surface area contributed by atoms with Crippen LogP contribution >= 0.6 is 0 Å². The van der Waals surface area contributed by atoms with Gasteiger partial charge in [-0.1, -0.05) is 0 Å². The maximum absolute atomic E-state index is 13.6. The van der Waals surface area contributed by atoms with E-state index in [0.717, 1.165) is 31.5 Å². The van der Waals surface area contributed by atoms with Crippen LogP contribution in [0.5, 0.6) is 0 Å². The summed E-state index contributed by atoms with van der Waals surface area (Å²) >= 11 is 0. The molecule has 8 nitrogen and oxygen atoms in total. The van der Waals surface area contributed by atoms with Gasteiger partial charge in [0.2, 0.25) is 5.95 Å². The number of hydrogen-bond donors (Lipinski definition) is 3. The lowest BCUT2D eigenvalue weighted by Crippen LogP contribution is -2.51. The fourth-order valence-corrected chi connectivity index (χ4v) is 4.60. The van der Waals surface area contributed by atoms with Crippen LogP contribution in [0.25, 0.3) is 0 Å². The number of aliphatic hydroxyl groups excluding tert-OH is 1. The number of piperidine rings is 1. The Morgan fingerprint density at radius 1 is 1.19 bits per heavy atom. The predicted octanol–water partition coefficient (Wildman–Crippen LogP) is 2.11. The fourth-order valence-electron chi connectivity index (χ4n) is 4.60. The van der Waals surface area contributed by atoms with E-state index in [4.69, 9.17) is 10.5 Å². The molecule has 4 heterocycles. The zero-order valence-electron chi connectivity index (χ0n) is 17.3. The molecule has 2 bridgehead atoms. The molecule has 1 aromatic carbocycles. The Hall–Kier alpha value is -2.63. The number of anilines is 4. The van der Waals surface area contributed by atoms with Crippen molar-refractivity contribution in [3.8, 4) is 0 Å². The lowest BCUT2D eigenvalue weighted by molar-refractivity contribution is -0.137. The molecule has 4 unspecified atom stereocenters. The molecule has 172 valence electrons. The fraction of sp³-hybridized carbons (Fsp3) is 0.524. The molecule has 0 radical (unpaired) electrons. The van der Waals surface area contributed by atoms with E-state index >= 15 is 0 Å². The monoisotopic (exact) mass is 450 g/mol. The molecule has 3 aliphatic rings. The van der Waals surface area contributed by atoms with E-state index in [2.05, 4.69) is 20.2 Å². The van der Waals surface area contributed by atoms with Gasteiger partial charge in [-0.2, -0.15) is 18.2 Å². The minimum absolute atomic E-state index is 0.0168. The van der Waals surface area contributed by atoms with Gasteiger partial charge < -0.3 is 30.7 Å². The van der Waals surface area contributed by atoms with Crippen molar-refractivity contribution in [1.82, 2.24) is 9.97 Å². The number of rotatable bonds is 4. The largest absolute Gasteiger partial charge is 0.421 e. The number of halogens is 3. The Labute approximate surface area is 183 Å². The molecule has 0 amide bonds. The van der Waals surface area contributed by atoms with Crippen molar-refractivity contribution in [2.75, 3.05) is 41.4 Å². The van der Waals surface area contributed by atoms with E-state index in [-0.39, 0.29) is 24.9 Å². The summed E-state index contributed by atoms with van der Waals surface area (Å²) in [6.45, 7) is 1.86. The van der Waals surface area contributed by atoms with Gasteiger partial charge in [0.15, 0.2) is 0 Å². The van der Waals surface area contributed by atoms with Crippen molar-refractivity contribution in [1.29, 1.82) is 0 Å². The van der Waals surface area contributed by atoms with Gasteiger partial charge in [-0.05, 0) is 37.1 Å². The third-order valence-electron chi connectivity index (χ3n) is 6.36.